The number of carbonyl (C=O) groups is 1. The first-order valence-electron chi connectivity index (χ1n) is 9.53. The largest absolute Gasteiger partial charge is 0.379 e. The van der Waals surface area contributed by atoms with E-state index in [-0.39, 0.29) is 23.9 Å². The topological polar surface area (TPSA) is 29.5 Å². The van der Waals surface area contributed by atoms with Crippen molar-refractivity contribution in [2.75, 3.05) is 13.2 Å². The maximum absolute atomic E-state index is 13.0. The Hall–Kier alpha value is -1.55. The molecule has 1 unspecified atom stereocenters. The molecule has 27 heavy (non-hydrogen) atoms. The zero-order valence-electron chi connectivity index (χ0n) is 15.1. The summed E-state index contributed by atoms with van der Waals surface area (Å²) in [5, 5.41) is 1.43. The lowest BCUT2D eigenvalue weighted by Crippen LogP contribution is -2.50. The van der Waals surface area contributed by atoms with Gasteiger partial charge in [-0.05, 0) is 54.7 Å². The minimum Gasteiger partial charge on any atom is -0.379 e. The number of rotatable bonds is 3. The van der Waals surface area contributed by atoms with Gasteiger partial charge in [-0.2, -0.15) is 0 Å². The van der Waals surface area contributed by atoms with Crippen molar-refractivity contribution in [1.82, 2.24) is 4.90 Å². The van der Waals surface area contributed by atoms with Crippen LogP contribution in [0.2, 0.25) is 10.0 Å². The van der Waals surface area contributed by atoms with Crippen LogP contribution in [0.3, 0.4) is 0 Å². The van der Waals surface area contributed by atoms with Crippen LogP contribution in [-0.2, 0) is 9.53 Å². The molecule has 2 saturated heterocycles. The smallest absolute Gasteiger partial charge is 0.223 e. The summed E-state index contributed by atoms with van der Waals surface area (Å²) < 4.78 is 5.71. The van der Waals surface area contributed by atoms with Crippen molar-refractivity contribution in [1.29, 1.82) is 0 Å². The Kier molecular flexibility index (Phi) is 5.72. The summed E-state index contributed by atoms with van der Waals surface area (Å²) >= 11 is 12.4. The number of hydrogen-bond donors (Lipinski definition) is 0. The summed E-state index contributed by atoms with van der Waals surface area (Å²) in [4.78, 5) is 15.1. The second-order valence-electron chi connectivity index (χ2n) is 7.37. The number of benzene rings is 2. The van der Waals surface area contributed by atoms with Gasteiger partial charge in [-0.1, -0.05) is 47.5 Å². The molecule has 1 amide bonds. The maximum Gasteiger partial charge on any atom is 0.223 e. The van der Waals surface area contributed by atoms with Crippen LogP contribution in [0.4, 0.5) is 0 Å². The highest BCUT2D eigenvalue weighted by atomic mass is 35.5. The monoisotopic (exact) mass is 403 g/mol. The first kappa shape index (κ1) is 18.8. The average molecular weight is 404 g/mol. The lowest BCUT2D eigenvalue weighted by Gasteiger charge is -2.46. The van der Waals surface area contributed by atoms with E-state index < -0.39 is 0 Å². The van der Waals surface area contributed by atoms with E-state index in [0.29, 0.717) is 18.1 Å². The average Bonchev–Trinajstić information content (AvgIpc) is 2.69. The molecule has 0 spiro atoms. The van der Waals surface area contributed by atoms with Crippen molar-refractivity contribution < 1.29 is 9.53 Å². The van der Waals surface area contributed by atoms with Crippen molar-refractivity contribution >= 4 is 29.1 Å². The number of likely N-dealkylation sites (tertiary alicyclic amines) is 1. The highest BCUT2D eigenvalue weighted by Crippen LogP contribution is 2.45. The molecule has 2 aliphatic heterocycles. The second kappa shape index (κ2) is 8.22. The zero-order valence-corrected chi connectivity index (χ0v) is 16.6. The Balaban J connectivity index is 1.77. The molecular formula is C22H23Cl2NO2. The quantitative estimate of drug-likeness (QED) is 0.665. The molecule has 142 valence electrons. The number of carbonyl (C=O) groups excluding carboxylic acids is 1. The van der Waals surface area contributed by atoms with Crippen molar-refractivity contribution in [3.8, 4) is 0 Å². The normalized spacial score (nSPS) is 26.2. The van der Waals surface area contributed by atoms with Crippen LogP contribution in [0, 0.1) is 0 Å². The van der Waals surface area contributed by atoms with Crippen molar-refractivity contribution in [3.05, 3.63) is 69.7 Å². The van der Waals surface area contributed by atoms with E-state index in [1.54, 1.807) is 0 Å². The van der Waals surface area contributed by atoms with E-state index in [4.69, 9.17) is 27.9 Å². The van der Waals surface area contributed by atoms with Crippen LogP contribution in [0.15, 0.2) is 48.5 Å². The van der Waals surface area contributed by atoms with Gasteiger partial charge in [0.2, 0.25) is 5.91 Å². The molecule has 2 aliphatic rings. The van der Waals surface area contributed by atoms with Gasteiger partial charge in [-0.25, -0.2) is 0 Å². The van der Waals surface area contributed by atoms with E-state index in [2.05, 4.69) is 11.0 Å². The molecule has 0 aliphatic carbocycles. The summed E-state index contributed by atoms with van der Waals surface area (Å²) in [6.07, 6.45) is 3.34. The molecule has 0 saturated carbocycles. The van der Waals surface area contributed by atoms with Gasteiger partial charge >= 0.3 is 0 Å². The third-order valence-corrected chi connectivity index (χ3v) is 6.14. The maximum atomic E-state index is 13.0. The number of ether oxygens (including phenoxy) is 1. The van der Waals surface area contributed by atoms with E-state index in [1.807, 2.05) is 42.5 Å². The van der Waals surface area contributed by atoms with Crippen LogP contribution in [0.1, 0.15) is 48.8 Å². The summed E-state index contributed by atoms with van der Waals surface area (Å²) in [6.45, 7) is 1.39. The van der Waals surface area contributed by atoms with Gasteiger partial charge in [0.05, 0.1) is 18.7 Å². The number of nitrogens with zero attached hydrogens (tertiary/aromatic N) is 1. The van der Waals surface area contributed by atoms with E-state index in [1.165, 1.54) is 5.56 Å². The lowest BCUT2D eigenvalue weighted by atomic mass is 9.78. The minimum absolute atomic E-state index is 0.0336. The third-order valence-electron chi connectivity index (χ3n) is 5.66. The molecule has 2 fully saturated rings. The molecule has 2 heterocycles. The van der Waals surface area contributed by atoms with Crippen molar-refractivity contribution in [2.24, 2.45) is 0 Å². The predicted molar refractivity (Wildman–Crippen MR) is 108 cm³/mol. The Morgan fingerprint density at radius 1 is 0.963 bits per heavy atom. The van der Waals surface area contributed by atoms with Gasteiger partial charge in [0.1, 0.15) is 0 Å². The number of hydrogen-bond acceptors (Lipinski definition) is 2. The second-order valence-corrected chi connectivity index (χ2v) is 8.24. The van der Waals surface area contributed by atoms with Crippen LogP contribution >= 0.6 is 23.2 Å². The Morgan fingerprint density at radius 2 is 1.78 bits per heavy atom. The van der Waals surface area contributed by atoms with Crippen LogP contribution in [0.25, 0.3) is 0 Å². The molecule has 3 atom stereocenters. The Morgan fingerprint density at radius 3 is 2.48 bits per heavy atom. The summed E-state index contributed by atoms with van der Waals surface area (Å²) in [7, 11) is 0. The molecule has 5 heteroatoms. The summed E-state index contributed by atoms with van der Waals surface area (Å²) in [5.74, 6) is 0.410. The summed E-state index contributed by atoms with van der Waals surface area (Å²) in [6, 6.07) is 16.0. The molecule has 3 nitrogen and oxygen atoms in total. The molecule has 0 bridgehead atoms. The third kappa shape index (κ3) is 4.01. The standard InChI is InChI=1S/C22H23Cl2NO2/c23-17-8-6-15(7-9-17)22-20(16-3-1-4-18(24)13-16)10-11-21(26)25(22)19-5-2-12-27-14-19/h1,3-4,6-9,13,19-20,22H,2,5,10-12,14H2/t19?,20-,22-/m1/s1. The highest BCUT2D eigenvalue weighted by molar-refractivity contribution is 6.30. The Labute approximate surface area is 170 Å². The van der Waals surface area contributed by atoms with E-state index >= 15 is 0 Å². The fourth-order valence-corrected chi connectivity index (χ4v) is 4.75. The fraction of sp³-hybridized carbons (Fsp3) is 0.409. The number of piperidine rings is 1. The van der Waals surface area contributed by atoms with Crippen LogP contribution < -0.4 is 0 Å². The molecule has 4 rings (SSSR count). The molecule has 2 aromatic rings. The zero-order chi connectivity index (χ0) is 18.8. The molecule has 0 N–H and O–H groups in total. The molecule has 0 radical (unpaired) electrons. The van der Waals surface area contributed by atoms with Gasteiger partial charge in [0.15, 0.2) is 0 Å². The fourth-order valence-electron chi connectivity index (χ4n) is 4.43. The van der Waals surface area contributed by atoms with Crippen LogP contribution in [0.5, 0.6) is 0 Å². The summed E-state index contributed by atoms with van der Waals surface area (Å²) in [5.41, 5.74) is 2.29. The molecule has 2 aromatic carbocycles. The van der Waals surface area contributed by atoms with E-state index in [9.17, 15) is 4.79 Å². The van der Waals surface area contributed by atoms with Gasteiger partial charge in [0, 0.05) is 29.0 Å². The van der Waals surface area contributed by atoms with Gasteiger partial charge in [-0.15, -0.1) is 0 Å². The first-order valence-corrected chi connectivity index (χ1v) is 10.3. The van der Waals surface area contributed by atoms with Gasteiger partial charge in [-0.3, -0.25) is 4.79 Å². The SMILES string of the molecule is O=C1CC[C@H](c2cccc(Cl)c2)[C@@H](c2ccc(Cl)cc2)N1C1CCCOC1. The van der Waals surface area contributed by atoms with Gasteiger partial charge < -0.3 is 9.64 Å². The number of amides is 1. The first-order chi connectivity index (χ1) is 13.1. The van der Waals surface area contributed by atoms with Crippen molar-refractivity contribution in [2.45, 2.75) is 43.7 Å². The lowest BCUT2D eigenvalue weighted by molar-refractivity contribution is -0.144. The van der Waals surface area contributed by atoms with Gasteiger partial charge in [0.25, 0.3) is 0 Å². The molecular weight excluding hydrogens is 381 g/mol. The highest BCUT2D eigenvalue weighted by Gasteiger charge is 2.41. The van der Waals surface area contributed by atoms with E-state index in [0.717, 1.165) is 36.5 Å². The Bertz CT molecular complexity index is 802. The van der Waals surface area contributed by atoms with Crippen molar-refractivity contribution in [3.63, 3.8) is 0 Å². The van der Waals surface area contributed by atoms with Crippen LogP contribution in [-0.4, -0.2) is 30.1 Å². The molecule has 0 aromatic heterocycles. The number of halogens is 2. The minimum atomic E-state index is -0.0336. The predicted octanol–water partition coefficient (Wildman–Crippen LogP) is 5.62.